The molecule has 1 saturated carbocycles. The molecule has 17 heavy (non-hydrogen) atoms. The van der Waals surface area contributed by atoms with E-state index in [1.165, 1.54) is 12.8 Å². The number of hydrogen-bond donors (Lipinski definition) is 1. The normalized spacial score (nSPS) is 26.2. The van der Waals surface area contributed by atoms with E-state index in [0.29, 0.717) is 6.04 Å². The van der Waals surface area contributed by atoms with Gasteiger partial charge in [-0.15, -0.1) is 0 Å². The lowest BCUT2D eigenvalue weighted by atomic mass is 10.0. The Bertz CT molecular complexity index is 355. The van der Waals surface area contributed by atoms with Crippen LogP contribution >= 0.6 is 0 Å². The molecular formula is C14H22N2O. The van der Waals surface area contributed by atoms with Gasteiger partial charge >= 0.3 is 0 Å². The highest BCUT2D eigenvalue weighted by molar-refractivity contribution is 5.93. The minimum Gasteiger partial charge on any atom is -0.337 e. The van der Waals surface area contributed by atoms with E-state index in [0.717, 1.165) is 36.8 Å². The van der Waals surface area contributed by atoms with Crippen LogP contribution in [0.25, 0.3) is 0 Å². The maximum atomic E-state index is 11.8. The van der Waals surface area contributed by atoms with Crippen molar-refractivity contribution in [1.82, 2.24) is 10.2 Å². The first-order valence-electron chi connectivity index (χ1n) is 6.54. The highest BCUT2D eigenvalue weighted by atomic mass is 16.1. The van der Waals surface area contributed by atoms with Gasteiger partial charge in [0.2, 0.25) is 0 Å². The fraction of sp³-hybridized carbons (Fsp3) is 0.643. The molecule has 1 atom stereocenters. The second-order valence-corrected chi connectivity index (χ2v) is 5.03. The maximum Gasteiger partial charge on any atom is 0.175 e. The summed E-state index contributed by atoms with van der Waals surface area (Å²) in [5.74, 6) is 0.889. The number of rotatable bonds is 4. The van der Waals surface area contributed by atoms with E-state index in [4.69, 9.17) is 0 Å². The number of piperazine rings is 1. The van der Waals surface area contributed by atoms with Crippen LogP contribution in [0.1, 0.15) is 33.1 Å². The molecule has 0 aromatic heterocycles. The maximum absolute atomic E-state index is 11.8. The molecule has 0 aromatic rings. The number of nitrogens with one attached hydrogen (secondary N) is 1. The summed E-state index contributed by atoms with van der Waals surface area (Å²) in [6.07, 6.45) is 5.50. The van der Waals surface area contributed by atoms with E-state index in [2.05, 4.69) is 23.7 Å². The molecule has 0 amide bonds. The van der Waals surface area contributed by atoms with Crippen LogP contribution in [0, 0.1) is 5.92 Å². The standard InChI is InChI=1S/C14H22N2O/c1-4-5-13(11(3)17)16-10(2)8-15-9-14(16)12-6-7-12/h5,12,14-15H,2,4,6-9H2,1,3H3/b13-5-. The Morgan fingerprint density at radius 1 is 1.59 bits per heavy atom. The zero-order valence-corrected chi connectivity index (χ0v) is 10.8. The minimum absolute atomic E-state index is 0.153. The number of Topliss-reactive ketones (excluding diaryl/α,β-unsaturated/α-hetero) is 1. The third kappa shape index (κ3) is 2.60. The summed E-state index contributed by atoms with van der Waals surface area (Å²) in [7, 11) is 0. The predicted octanol–water partition coefficient (Wildman–Crippen LogP) is 2.07. The third-order valence-corrected chi connectivity index (χ3v) is 3.54. The first-order valence-corrected chi connectivity index (χ1v) is 6.54. The molecule has 3 nitrogen and oxygen atoms in total. The van der Waals surface area contributed by atoms with E-state index in [9.17, 15) is 4.79 Å². The largest absolute Gasteiger partial charge is 0.337 e. The fourth-order valence-corrected chi connectivity index (χ4v) is 2.59. The molecule has 0 spiro atoms. The van der Waals surface area contributed by atoms with Gasteiger partial charge in [0.25, 0.3) is 0 Å². The molecule has 1 unspecified atom stereocenters. The van der Waals surface area contributed by atoms with Gasteiger partial charge in [0, 0.05) is 31.8 Å². The van der Waals surface area contributed by atoms with Crippen molar-refractivity contribution in [3.8, 4) is 0 Å². The number of hydrogen-bond acceptors (Lipinski definition) is 3. The van der Waals surface area contributed by atoms with E-state index in [1.807, 2.05) is 6.08 Å². The van der Waals surface area contributed by atoms with Gasteiger partial charge in [-0.1, -0.05) is 19.6 Å². The van der Waals surface area contributed by atoms with Gasteiger partial charge in [0.05, 0.1) is 5.70 Å². The van der Waals surface area contributed by atoms with Gasteiger partial charge in [-0.25, -0.2) is 0 Å². The topological polar surface area (TPSA) is 32.3 Å². The van der Waals surface area contributed by atoms with Crippen molar-refractivity contribution in [2.75, 3.05) is 13.1 Å². The summed E-state index contributed by atoms with van der Waals surface area (Å²) in [5.41, 5.74) is 1.87. The lowest BCUT2D eigenvalue weighted by Gasteiger charge is -2.40. The molecule has 0 bridgehead atoms. The summed E-state index contributed by atoms with van der Waals surface area (Å²) >= 11 is 0. The minimum atomic E-state index is 0.153. The molecule has 0 radical (unpaired) electrons. The average Bonchev–Trinajstić information content (AvgIpc) is 3.09. The Morgan fingerprint density at radius 3 is 2.82 bits per heavy atom. The molecule has 1 aliphatic carbocycles. The Kier molecular flexibility index (Phi) is 3.67. The molecule has 1 aliphatic heterocycles. The van der Waals surface area contributed by atoms with Crippen LogP contribution in [-0.2, 0) is 4.79 Å². The lowest BCUT2D eigenvalue weighted by molar-refractivity contribution is -0.115. The van der Waals surface area contributed by atoms with Crippen molar-refractivity contribution >= 4 is 5.78 Å². The second-order valence-electron chi connectivity index (χ2n) is 5.03. The average molecular weight is 234 g/mol. The molecule has 1 N–H and O–H groups in total. The zero-order valence-electron chi connectivity index (χ0n) is 10.8. The summed E-state index contributed by atoms with van der Waals surface area (Å²) in [6.45, 7) is 9.59. The number of ketones is 1. The van der Waals surface area contributed by atoms with Gasteiger partial charge in [-0.3, -0.25) is 4.79 Å². The van der Waals surface area contributed by atoms with Crippen LogP contribution in [0.3, 0.4) is 0 Å². The molecule has 3 heteroatoms. The fourth-order valence-electron chi connectivity index (χ4n) is 2.59. The van der Waals surface area contributed by atoms with Crippen molar-refractivity contribution in [1.29, 1.82) is 0 Å². The van der Waals surface area contributed by atoms with Gasteiger partial charge in [-0.05, 0) is 25.2 Å². The van der Waals surface area contributed by atoms with Crippen molar-refractivity contribution in [2.45, 2.75) is 39.2 Å². The van der Waals surface area contributed by atoms with Crippen LogP contribution in [0.2, 0.25) is 0 Å². The van der Waals surface area contributed by atoms with Gasteiger partial charge < -0.3 is 10.2 Å². The van der Waals surface area contributed by atoms with Gasteiger partial charge in [-0.2, -0.15) is 0 Å². The Balaban J connectivity index is 2.25. The van der Waals surface area contributed by atoms with Crippen LogP contribution in [-0.4, -0.2) is 29.8 Å². The highest BCUT2D eigenvalue weighted by Crippen LogP contribution is 2.38. The van der Waals surface area contributed by atoms with E-state index < -0.39 is 0 Å². The Hall–Kier alpha value is -1.09. The number of allylic oxidation sites excluding steroid dienone is 2. The predicted molar refractivity (Wildman–Crippen MR) is 69.4 cm³/mol. The molecule has 1 heterocycles. The number of carbonyl (C=O) groups is 1. The van der Waals surface area contributed by atoms with Crippen molar-refractivity contribution in [3.63, 3.8) is 0 Å². The molecule has 0 aromatic carbocycles. The number of nitrogens with zero attached hydrogens (tertiary/aromatic N) is 1. The summed E-state index contributed by atoms with van der Waals surface area (Å²) in [6, 6.07) is 0.429. The van der Waals surface area contributed by atoms with Crippen molar-refractivity contribution < 1.29 is 4.79 Å². The van der Waals surface area contributed by atoms with Gasteiger partial charge in [0.1, 0.15) is 0 Å². The van der Waals surface area contributed by atoms with Crippen LogP contribution < -0.4 is 5.32 Å². The Labute approximate surface area is 104 Å². The van der Waals surface area contributed by atoms with Crippen LogP contribution in [0.15, 0.2) is 24.0 Å². The molecule has 2 rings (SSSR count). The SMILES string of the molecule is C=C1CNCC(C2CC2)N1/C(=C\CC)C(C)=O. The van der Waals surface area contributed by atoms with Crippen molar-refractivity contribution in [3.05, 3.63) is 24.0 Å². The van der Waals surface area contributed by atoms with E-state index in [1.54, 1.807) is 6.92 Å². The summed E-state index contributed by atoms with van der Waals surface area (Å²) in [4.78, 5) is 14.0. The van der Waals surface area contributed by atoms with E-state index in [-0.39, 0.29) is 5.78 Å². The first kappa shape index (κ1) is 12.4. The second kappa shape index (κ2) is 5.05. The smallest absolute Gasteiger partial charge is 0.175 e. The summed E-state index contributed by atoms with van der Waals surface area (Å²) < 4.78 is 0. The molecular weight excluding hydrogens is 212 g/mol. The monoisotopic (exact) mass is 234 g/mol. The Morgan fingerprint density at radius 2 is 2.29 bits per heavy atom. The molecule has 2 aliphatic rings. The molecule has 2 fully saturated rings. The summed E-state index contributed by atoms with van der Waals surface area (Å²) in [5, 5.41) is 3.39. The van der Waals surface area contributed by atoms with Crippen molar-refractivity contribution in [2.24, 2.45) is 5.92 Å². The van der Waals surface area contributed by atoms with Crippen LogP contribution in [0.5, 0.6) is 0 Å². The molecule has 1 saturated heterocycles. The van der Waals surface area contributed by atoms with Crippen LogP contribution in [0.4, 0.5) is 0 Å². The third-order valence-electron chi connectivity index (χ3n) is 3.54. The highest BCUT2D eigenvalue weighted by Gasteiger charge is 2.39. The van der Waals surface area contributed by atoms with Gasteiger partial charge in [0.15, 0.2) is 5.78 Å². The first-order chi connectivity index (χ1) is 8.15. The molecule has 94 valence electrons. The zero-order chi connectivity index (χ0) is 12.4. The lowest BCUT2D eigenvalue weighted by Crippen LogP contribution is -2.50. The quantitative estimate of drug-likeness (QED) is 0.756. The van der Waals surface area contributed by atoms with E-state index >= 15 is 0 Å². The number of carbonyl (C=O) groups excluding carboxylic acids is 1.